The van der Waals surface area contributed by atoms with Gasteiger partial charge in [0.05, 0.1) is 12.1 Å². The number of nitrogens with one attached hydrogen (secondary N) is 2. The topological polar surface area (TPSA) is 8.88 Å². The summed E-state index contributed by atoms with van der Waals surface area (Å²) in [5, 5.41) is 0. The van der Waals surface area contributed by atoms with Crippen molar-refractivity contribution in [1.29, 1.82) is 0 Å². The van der Waals surface area contributed by atoms with Gasteiger partial charge in [-0.1, -0.05) is 42.5 Å². The van der Waals surface area contributed by atoms with Crippen molar-refractivity contribution in [3.05, 3.63) is 77.4 Å². The van der Waals surface area contributed by atoms with E-state index >= 15 is 0 Å². The number of hydrogen-bond acceptors (Lipinski definition) is 0. The molecule has 1 fully saturated rings. The van der Waals surface area contributed by atoms with Gasteiger partial charge in [0.1, 0.15) is 44.4 Å². The molecule has 2 N–H and O–H groups in total. The fourth-order valence-electron chi connectivity index (χ4n) is 3.22. The van der Waals surface area contributed by atoms with Crippen LogP contribution < -0.4 is 9.80 Å². The summed E-state index contributed by atoms with van der Waals surface area (Å²) in [6.45, 7) is 5.39. The second-order valence-corrected chi connectivity index (χ2v) is 6.39. The molecule has 0 atom stereocenters. The first kappa shape index (κ1) is 16.8. The van der Waals surface area contributed by atoms with Gasteiger partial charge in [0.15, 0.2) is 0 Å². The van der Waals surface area contributed by atoms with Crippen molar-refractivity contribution < 1.29 is 18.6 Å². The molecular formula is C20H24F2N2+2. The van der Waals surface area contributed by atoms with E-state index in [2.05, 4.69) is 24.3 Å². The highest BCUT2D eigenvalue weighted by Crippen LogP contribution is 2.10. The van der Waals surface area contributed by atoms with Gasteiger partial charge in [-0.2, -0.15) is 0 Å². The first-order valence-corrected chi connectivity index (χ1v) is 8.54. The van der Waals surface area contributed by atoms with Gasteiger partial charge in [-0.3, -0.25) is 0 Å². The summed E-state index contributed by atoms with van der Waals surface area (Å²) in [6, 6.07) is 14.4. The fraction of sp³-hybridized carbons (Fsp3) is 0.300. The van der Waals surface area contributed by atoms with Crippen LogP contribution in [-0.2, 0) is 6.54 Å². The quantitative estimate of drug-likeness (QED) is 0.808. The average molecular weight is 330 g/mol. The third-order valence-corrected chi connectivity index (χ3v) is 4.67. The number of quaternary nitrogens is 2. The first-order valence-electron chi connectivity index (χ1n) is 8.54. The average Bonchev–Trinajstić information content (AvgIpc) is 2.61. The van der Waals surface area contributed by atoms with Gasteiger partial charge in [0.25, 0.3) is 0 Å². The minimum Gasteiger partial charge on any atom is -0.322 e. The minimum atomic E-state index is -0.428. The summed E-state index contributed by atoms with van der Waals surface area (Å²) < 4.78 is 27.5. The minimum absolute atomic E-state index is 0.222. The first-order chi connectivity index (χ1) is 11.7. The van der Waals surface area contributed by atoms with E-state index in [1.165, 1.54) is 33.6 Å². The van der Waals surface area contributed by atoms with Crippen molar-refractivity contribution in [2.24, 2.45) is 0 Å². The van der Waals surface area contributed by atoms with Crippen LogP contribution in [0, 0.1) is 11.6 Å². The molecule has 4 heteroatoms. The van der Waals surface area contributed by atoms with Crippen LogP contribution >= 0.6 is 0 Å². The zero-order valence-corrected chi connectivity index (χ0v) is 13.8. The lowest BCUT2D eigenvalue weighted by molar-refractivity contribution is -1.02. The van der Waals surface area contributed by atoms with E-state index in [-0.39, 0.29) is 5.56 Å². The van der Waals surface area contributed by atoms with Crippen LogP contribution in [0.4, 0.5) is 8.78 Å². The number of hydrogen-bond donors (Lipinski definition) is 2. The van der Waals surface area contributed by atoms with Gasteiger partial charge in [-0.15, -0.1) is 0 Å². The highest BCUT2D eigenvalue weighted by atomic mass is 19.1. The summed E-state index contributed by atoms with van der Waals surface area (Å²) >= 11 is 0. The van der Waals surface area contributed by atoms with Crippen LogP contribution in [-0.4, -0.2) is 32.7 Å². The molecule has 0 amide bonds. The molecular weight excluding hydrogens is 306 g/mol. The van der Waals surface area contributed by atoms with E-state index in [4.69, 9.17) is 0 Å². The van der Waals surface area contributed by atoms with Crippen molar-refractivity contribution in [2.45, 2.75) is 6.54 Å². The Kier molecular flexibility index (Phi) is 5.72. The van der Waals surface area contributed by atoms with Crippen LogP contribution in [0.25, 0.3) is 6.08 Å². The number of benzene rings is 2. The number of piperazine rings is 1. The van der Waals surface area contributed by atoms with E-state index < -0.39 is 11.6 Å². The molecule has 2 aromatic rings. The second-order valence-electron chi connectivity index (χ2n) is 6.39. The molecule has 0 spiro atoms. The summed E-state index contributed by atoms with van der Waals surface area (Å²) in [4.78, 5) is 2.79. The van der Waals surface area contributed by atoms with Crippen LogP contribution in [0.2, 0.25) is 0 Å². The van der Waals surface area contributed by atoms with Crippen molar-refractivity contribution in [1.82, 2.24) is 0 Å². The van der Waals surface area contributed by atoms with Crippen molar-refractivity contribution in [3.63, 3.8) is 0 Å². The lowest BCUT2D eigenvalue weighted by atomic mass is 10.1. The molecule has 126 valence electrons. The lowest BCUT2D eigenvalue weighted by Gasteiger charge is -2.29. The van der Waals surface area contributed by atoms with Crippen molar-refractivity contribution in [2.75, 3.05) is 32.7 Å². The predicted molar refractivity (Wildman–Crippen MR) is 91.8 cm³/mol. The fourth-order valence-corrected chi connectivity index (χ4v) is 3.22. The van der Waals surface area contributed by atoms with Gasteiger partial charge in [-0.05, 0) is 23.8 Å². The normalized spacial score (nSPS) is 21.2. The smallest absolute Gasteiger partial charge is 0.135 e. The third-order valence-electron chi connectivity index (χ3n) is 4.67. The maximum Gasteiger partial charge on any atom is 0.135 e. The Bertz CT molecular complexity index is 657. The summed E-state index contributed by atoms with van der Waals surface area (Å²) in [7, 11) is 0. The SMILES string of the molecule is Fc1cccc(F)c1C[NH+]1CC[NH+](C/C=C/c2ccccc2)CC1. The Morgan fingerprint density at radius 1 is 0.792 bits per heavy atom. The Morgan fingerprint density at radius 2 is 1.42 bits per heavy atom. The molecule has 3 rings (SSSR count). The Labute approximate surface area is 142 Å². The molecule has 1 aliphatic heterocycles. The van der Waals surface area contributed by atoms with Gasteiger partial charge < -0.3 is 9.80 Å². The highest BCUT2D eigenvalue weighted by molar-refractivity contribution is 5.48. The van der Waals surface area contributed by atoms with Crippen LogP contribution in [0.5, 0.6) is 0 Å². The molecule has 0 aliphatic carbocycles. The monoisotopic (exact) mass is 330 g/mol. The summed E-state index contributed by atoms with van der Waals surface area (Å²) in [5.74, 6) is -0.855. The Balaban J connectivity index is 1.47. The van der Waals surface area contributed by atoms with E-state index in [1.54, 1.807) is 0 Å². The van der Waals surface area contributed by atoms with Gasteiger partial charge in [0, 0.05) is 0 Å². The second kappa shape index (κ2) is 8.18. The zero-order valence-electron chi connectivity index (χ0n) is 13.8. The lowest BCUT2D eigenvalue weighted by Crippen LogP contribution is -3.27. The van der Waals surface area contributed by atoms with E-state index in [0.717, 1.165) is 32.7 Å². The van der Waals surface area contributed by atoms with Crippen molar-refractivity contribution >= 4 is 6.08 Å². The molecule has 1 heterocycles. The molecule has 2 nitrogen and oxygen atoms in total. The van der Waals surface area contributed by atoms with E-state index in [0.29, 0.717) is 6.54 Å². The molecule has 1 saturated heterocycles. The molecule has 0 unspecified atom stereocenters. The number of halogens is 2. The Morgan fingerprint density at radius 3 is 2.08 bits per heavy atom. The van der Waals surface area contributed by atoms with Crippen LogP contribution in [0.3, 0.4) is 0 Å². The third kappa shape index (κ3) is 4.49. The van der Waals surface area contributed by atoms with Crippen LogP contribution in [0.15, 0.2) is 54.6 Å². The van der Waals surface area contributed by atoms with Gasteiger partial charge >= 0.3 is 0 Å². The molecule has 0 radical (unpaired) electrons. The van der Waals surface area contributed by atoms with Crippen molar-refractivity contribution in [3.8, 4) is 0 Å². The molecule has 0 aromatic heterocycles. The van der Waals surface area contributed by atoms with Gasteiger partial charge in [-0.25, -0.2) is 8.78 Å². The molecule has 1 aliphatic rings. The zero-order chi connectivity index (χ0) is 16.8. The molecule has 2 aromatic carbocycles. The maximum absolute atomic E-state index is 13.7. The summed E-state index contributed by atoms with van der Waals surface area (Å²) in [5.41, 5.74) is 1.44. The van der Waals surface area contributed by atoms with E-state index in [9.17, 15) is 8.78 Å². The van der Waals surface area contributed by atoms with E-state index in [1.807, 2.05) is 18.2 Å². The van der Waals surface area contributed by atoms with Gasteiger partial charge in [0.2, 0.25) is 0 Å². The maximum atomic E-state index is 13.7. The van der Waals surface area contributed by atoms with Crippen LogP contribution in [0.1, 0.15) is 11.1 Å². The number of rotatable bonds is 5. The predicted octanol–water partition coefficient (Wildman–Crippen LogP) is 0.962. The largest absolute Gasteiger partial charge is 0.322 e. The Hall–Kier alpha value is -2.04. The highest BCUT2D eigenvalue weighted by Gasteiger charge is 2.24. The molecule has 0 bridgehead atoms. The molecule has 24 heavy (non-hydrogen) atoms. The molecule has 0 saturated carbocycles. The standard InChI is InChI=1S/C20H22F2N2/c21-19-9-4-10-20(22)18(19)16-24-14-12-23(13-15-24)11-5-8-17-6-2-1-3-7-17/h1-10H,11-16H2/p+2/b8-5+. The summed E-state index contributed by atoms with van der Waals surface area (Å²) in [6.07, 6.45) is 4.37.